The van der Waals surface area contributed by atoms with Gasteiger partial charge in [-0.2, -0.15) is 0 Å². The molecule has 0 unspecified atom stereocenters. The van der Waals surface area contributed by atoms with Crippen LogP contribution in [0.5, 0.6) is 0 Å². The second-order valence-corrected chi connectivity index (χ2v) is 3.23. The van der Waals surface area contributed by atoms with E-state index in [1.54, 1.807) is 0 Å². The number of carbonyl (C=O) groups is 2. The van der Waals surface area contributed by atoms with Gasteiger partial charge in [0.25, 0.3) is 0 Å². The summed E-state index contributed by atoms with van der Waals surface area (Å²) >= 11 is 0. The van der Waals surface area contributed by atoms with Crippen molar-refractivity contribution < 1.29 is 19.4 Å². The summed E-state index contributed by atoms with van der Waals surface area (Å²) in [5.74, 6) is -1.15. The predicted molar refractivity (Wildman–Crippen MR) is 57.6 cm³/mol. The van der Waals surface area contributed by atoms with Crippen molar-refractivity contribution in [1.82, 2.24) is 4.90 Å². The molecule has 0 aromatic heterocycles. The zero-order valence-corrected chi connectivity index (χ0v) is 9.74. The molecule has 5 heteroatoms. The van der Waals surface area contributed by atoms with Gasteiger partial charge in [-0.3, -0.25) is 4.79 Å². The first-order valence-corrected chi connectivity index (χ1v) is 4.44. The van der Waals surface area contributed by atoms with Gasteiger partial charge in [-0.15, -0.1) is 0 Å². The van der Waals surface area contributed by atoms with E-state index >= 15 is 0 Å². The molecule has 1 N–H and O–H groups in total. The average molecular weight is 217 g/mol. The van der Waals surface area contributed by atoms with Crippen LogP contribution < -0.4 is 0 Å². The highest BCUT2D eigenvalue weighted by molar-refractivity contribution is 5.84. The van der Waals surface area contributed by atoms with E-state index in [1.807, 2.05) is 19.0 Å². The van der Waals surface area contributed by atoms with Crippen LogP contribution >= 0.6 is 0 Å². The molecule has 0 saturated heterocycles. The fraction of sp³-hybridized carbons (Fsp3) is 0.600. The Balaban J connectivity index is 0. The van der Waals surface area contributed by atoms with Crippen molar-refractivity contribution in [3.8, 4) is 0 Å². The molecule has 0 radical (unpaired) electrons. The van der Waals surface area contributed by atoms with E-state index in [2.05, 4.69) is 11.3 Å². The van der Waals surface area contributed by atoms with Crippen LogP contribution in [0.3, 0.4) is 0 Å². The van der Waals surface area contributed by atoms with Crippen LogP contribution in [0.1, 0.15) is 13.8 Å². The first-order chi connectivity index (χ1) is 6.77. The molecule has 0 aliphatic rings. The monoisotopic (exact) mass is 217 g/mol. The Hall–Kier alpha value is -1.36. The van der Waals surface area contributed by atoms with Crippen molar-refractivity contribution in [3.05, 3.63) is 12.2 Å². The fourth-order valence-electron chi connectivity index (χ4n) is 0.372. The van der Waals surface area contributed by atoms with E-state index in [-0.39, 0.29) is 11.5 Å². The minimum absolute atomic E-state index is 0.176. The quantitative estimate of drug-likeness (QED) is 0.556. The van der Waals surface area contributed by atoms with E-state index in [4.69, 9.17) is 5.11 Å². The molecule has 0 atom stereocenters. The molecule has 15 heavy (non-hydrogen) atoms. The van der Waals surface area contributed by atoms with Crippen LogP contribution in [0, 0.1) is 0 Å². The van der Waals surface area contributed by atoms with Gasteiger partial charge in [0.05, 0.1) is 0 Å². The van der Waals surface area contributed by atoms with Crippen LogP contribution in [-0.4, -0.2) is 49.2 Å². The number of nitrogens with zero attached hydrogens (tertiary/aromatic N) is 1. The van der Waals surface area contributed by atoms with Crippen LogP contribution in [0.15, 0.2) is 12.2 Å². The molecule has 5 nitrogen and oxygen atoms in total. The van der Waals surface area contributed by atoms with Crippen molar-refractivity contribution in [3.63, 3.8) is 0 Å². The third-order valence-corrected chi connectivity index (χ3v) is 1.21. The lowest BCUT2D eigenvalue weighted by Gasteiger charge is -2.07. The molecule has 0 aliphatic heterocycles. The van der Waals surface area contributed by atoms with Crippen molar-refractivity contribution in [1.29, 1.82) is 0 Å². The minimum Gasteiger partial charge on any atom is -0.478 e. The summed E-state index contributed by atoms with van der Waals surface area (Å²) in [4.78, 5) is 21.7. The molecular formula is C10H19NO4. The molecular weight excluding hydrogens is 198 g/mol. The Kier molecular flexibility index (Phi) is 9.87. The summed E-state index contributed by atoms with van der Waals surface area (Å²) in [6, 6.07) is 0. The summed E-state index contributed by atoms with van der Waals surface area (Å²) < 4.78 is 4.67. The number of carbonyl (C=O) groups excluding carboxylic acids is 1. The van der Waals surface area contributed by atoms with E-state index in [0.717, 1.165) is 6.54 Å². The minimum atomic E-state index is -0.935. The molecule has 0 heterocycles. The molecule has 0 aromatic carbocycles. The summed E-state index contributed by atoms with van der Waals surface area (Å²) in [5, 5.41) is 7.89. The van der Waals surface area contributed by atoms with Gasteiger partial charge >= 0.3 is 11.9 Å². The first kappa shape index (κ1) is 16.1. The Labute approximate surface area is 90.3 Å². The Bertz CT molecular complexity index is 211. The number of likely N-dealkylation sites (N-methyl/N-ethyl adjacent to an activating group) is 1. The molecule has 0 spiro atoms. The molecule has 0 aromatic rings. The van der Waals surface area contributed by atoms with Gasteiger partial charge in [-0.25, -0.2) is 4.79 Å². The Morgan fingerprint density at radius 2 is 1.73 bits per heavy atom. The van der Waals surface area contributed by atoms with Gasteiger partial charge in [0.15, 0.2) is 0 Å². The number of esters is 1. The maximum absolute atomic E-state index is 10.2. The number of ether oxygens (including phenoxy) is 1. The van der Waals surface area contributed by atoms with Gasteiger partial charge in [0.2, 0.25) is 0 Å². The molecule has 0 saturated carbocycles. The van der Waals surface area contributed by atoms with Gasteiger partial charge in [-0.1, -0.05) is 6.58 Å². The Morgan fingerprint density at radius 1 is 1.33 bits per heavy atom. The number of hydrogen-bond acceptors (Lipinski definition) is 4. The maximum atomic E-state index is 10.2. The number of rotatable bonds is 4. The smallest absolute Gasteiger partial charge is 0.330 e. The lowest BCUT2D eigenvalue weighted by Crippen LogP contribution is -2.19. The van der Waals surface area contributed by atoms with Crippen LogP contribution in [0.25, 0.3) is 0 Å². The number of aliphatic carboxylic acids is 1. The van der Waals surface area contributed by atoms with E-state index < -0.39 is 5.97 Å². The van der Waals surface area contributed by atoms with Crippen LogP contribution in [0.2, 0.25) is 0 Å². The second-order valence-electron chi connectivity index (χ2n) is 3.23. The summed E-state index contributed by atoms with van der Waals surface area (Å²) in [6.07, 6.45) is 0. The van der Waals surface area contributed by atoms with Crippen LogP contribution in [0.4, 0.5) is 0 Å². The fourth-order valence-corrected chi connectivity index (χ4v) is 0.372. The van der Waals surface area contributed by atoms with E-state index in [1.165, 1.54) is 13.8 Å². The number of carboxylic acid groups (broad SMARTS) is 1. The van der Waals surface area contributed by atoms with Gasteiger partial charge in [-0.05, 0) is 21.0 Å². The van der Waals surface area contributed by atoms with Crippen molar-refractivity contribution in [2.24, 2.45) is 0 Å². The average Bonchev–Trinajstić information content (AvgIpc) is 2.03. The molecule has 0 aliphatic carbocycles. The molecule has 0 bridgehead atoms. The topological polar surface area (TPSA) is 66.8 Å². The third-order valence-electron chi connectivity index (χ3n) is 1.21. The molecule has 0 amide bonds. The highest BCUT2D eigenvalue weighted by Crippen LogP contribution is 1.81. The first-order valence-electron chi connectivity index (χ1n) is 4.44. The summed E-state index contributed by atoms with van der Waals surface area (Å²) in [7, 11) is 3.87. The van der Waals surface area contributed by atoms with Gasteiger partial charge in [0.1, 0.15) is 6.61 Å². The Morgan fingerprint density at radius 3 is 1.93 bits per heavy atom. The zero-order valence-electron chi connectivity index (χ0n) is 9.74. The lowest BCUT2D eigenvalue weighted by atomic mass is 10.4. The van der Waals surface area contributed by atoms with Crippen molar-refractivity contribution >= 4 is 11.9 Å². The lowest BCUT2D eigenvalue weighted by molar-refractivity contribution is -0.141. The molecule has 88 valence electrons. The second kappa shape index (κ2) is 9.21. The SMILES string of the molecule is C=C(C)C(=O)O.CC(=O)OCCN(C)C. The maximum Gasteiger partial charge on any atom is 0.330 e. The van der Waals surface area contributed by atoms with E-state index in [0.29, 0.717) is 6.61 Å². The standard InChI is InChI=1S/C6H13NO2.C4H6O2/c1-6(8)9-5-4-7(2)3;1-3(2)4(5)6/h4-5H2,1-3H3;1H2,2H3,(H,5,6). The largest absolute Gasteiger partial charge is 0.478 e. The highest BCUT2D eigenvalue weighted by Gasteiger charge is 1.92. The van der Waals surface area contributed by atoms with Gasteiger partial charge < -0.3 is 14.7 Å². The summed E-state index contributed by atoms with van der Waals surface area (Å²) in [6.45, 7) is 7.29. The normalized spacial score (nSPS) is 8.87. The summed E-state index contributed by atoms with van der Waals surface area (Å²) in [5.41, 5.74) is 0.176. The highest BCUT2D eigenvalue weighted by atomic mass is 16.5. The van der Waals surface area contributed by atoms with Crippen LogP contribution in [-0.2, 0) is 14.3 Å². The number of hydrogen-bond donors (Lipinski definition) is 1. The van der Waals surface area contributed by atoms with Crippen molar-refractivity contribution in [2.45, 2.75) is 13.8 Å². The number of carboxylic acids is 1. The third kappa shape index (κ3) is 19.2. The predicted octanol–water partition coefficient (Wildman–Crippen LogP) is 0.758. The van der Waals surface area contributed by atoms with Gasteiger partial charge in [0, 0.05) is 19.0 Å². The molecule has 0 rings (SSSR count). The zero-order chi connectivity index (χ0) is 12.4. The van der Waals surface area contributed by atoms with Crippen molar-refractivity contribution in [2.75, 3.05) is 27.2 Å². The van der Waals surface area contributed by atoms with E-state index in [9.17, 15) is 9.59 Å². The molecule has 0 fully saturated rings.